The Bertz CT molecular complexity index is 2430. The van der Waals surface area contributed by atoms with Gasteiger partial charge in [0.25, 0.3) is 11.0 Å². The molecule has 3 amide bonds. The number of hydrogen-bond acceptors (Lipinski definition) is 10. The molecular formula is C48H51ClF2N4O10. The van der Waals surface area contributed by atoms with Gasteiger partial charge >= 0.3 is 6.09 Å². The predicted molar refractivity (Wildman–Crippen MR) is 236 cm³/mol. The van der Waals surface area contributed by atoms with E-state index in [0.717, 1.165) is 58.6 Å². The van der Waals surface area contributed by atoms with Crippen LogP contribution in [0.2, 0.25) is 5.02 Å². The summed E-state index contributed by atoms with van der Waals surface area (Å²) in [6.07, 6.45) is 2.56. The number of carbonyl (C=O) groups excluding carboxylic acids is 3. The molecule has 1 aliphatic carbocycles. The number of methoxy groups -OCH3 is 2. The second-order valence-electron chi connectivity index (χ2n) is 16.4. The molecule has 4 aromatic rings. The zero-order chi connectivity index (χ0) is 46.2. The van der Waals surface area contributed by atoms with Crippen molar-refractivity contribution in [3.8, 4) is 17.2 Å². The molecule has 14 nitrogen and oxygen atoms in total. The highest BCUT2D eigenvalue weighted by molar-refractivity contribution is 6.32. The van der Waals surface area contributed by atoms with Crippen molar-refractivity contribution in [3.63, 3.8) is 0 Å². The molecule has 1 saturated heterocycles. The standard InChI is InChI=1S/C48H51ClF2N4O10/c1-29-22-31(11-18-42(29)62-3)27-53(35-14-15-35)47(57)43-38(33-12-9-30(10-13-33)7-5-20-63-45-40(51)17-16-39(50)44(45)49)26-36-24-34(46(56)52-19-21-61-2)25-41(43)54(36)48(58)65-37-8-4-6-32(23-37)28-64-55(59)60/h4,6,8-13,16-18,22-23,34-36,41H,5,7,14-15,19-21,24-28H2,1-3H3,(H,52,56). The molecule has 65 heavy (non-hydrogen) atoms. The van der Waals surface area contributed by atoms with Crippen molar-refractivity contribution in [2.24, 2.45) is 5.92 Å². The van der Waals surface area contributed by atoms with Gasteiger partial charge < -0.3 is 34.0 Å². The summed E-state index contributed by atoms with van der Waals surface area (Å²) in [5, 5.41) is 12.5. The lowest BCUT2D eigenvalue weighted by molar-refractivity contribution is -0.763. The number of nitrogens with zero attached hydrogens (tertiary/aromatic N) is 3. The normalized spacial score (nSPS) is 17.9. The minimum Gasteiger partial charge on any atom is -0.496 e. The molecule has 2 heterocycles. The fourth-order valence-corrected chi connectivity index (χ4v) is 8.91. The van der Waals surface area contributed by atoms with E-state index in [9.17, 15) is 28.5 Å². The maximum absolute atomic E-state index is 15.5. The summed E-state index contributed by atoms with van der Waals surface area (Å²) in [6.45, 7) is 2.59. The summed E-state index contributed by atoms with van der Waals surface area (Å²) in [7, 11) is 3.15. The Kier molecular flexibility index (Phi) is 15.2. The first kappa shape index (κ1) is 46.7. The van der Waals surface area contributed by atoms with Crippen LogP contribution in [-0.2, 0) is 38.7 Å². The van der Waals surface area contributed by atoms with Gasteiger partial charge in [-0.1, -0.05) is 60.1 Å². The van der Waals surface area contributed by atoms with E-state index in [4.69, 9.17) is 30.5 Å². The monoisotopic (exact) mass is 916 g/mol. The number of aryl methyl sites for hydroxylation is 2. The van der Waals surface area contributed by atoms with Crippen molar-refractivity contribution in [2.75, 3.05) is 34.0 Å². The summed E-state index contributed by atoms with van der Waals surface area (Å²) >= 11 is 5.94. The minimum absolute atomic E-state index is 0.0435. The first-order valence-corrected chi connectivity index (χ1v) is 21.9. The molecule has 3 aliphatic rings. The highest BCUT2D eigenvalue weighted by Crippen LogP contribution is 2.46. The SMILES string of the molecule is COCCNC(=O)C1CC2CC(c3ccc(CCCOc4c(F)ccc(F)c4Cl)cc3)=C(C(=O)N(Cc3ccc(OC)c(C)c3)C3CC3)C(C1)N2C(=O)Oc1cccc(CO[N+](=O)[O-])c1. The summed E-state index contributed by atoms with van der Waals surface area (Å²) in [4.78, 5) is 62.6. The lowest BCUT2D eigenvalue weighted by Gasteiger charge is -2.49. The second kappa shape index (κ2) is 21.2. The molecule has 3 unspecified atom stereocenters. The van der Waals surface area contributed by atoms with Crippen LogP contribution in [0.15, 0.2) is 84.4 Å². The van der Waals surface area contributed by atoms with Gasteiger partial charge in [-0.3, -0.25) is 14.5 Å². The van der Waals surface area contributed by atoms with Crippen LogP contribution in [0.3, 0.4) is 0 Å². The van der Waals surface area contributed by atoms with Gasteiger partial charge in [0.05, 0.1) is 26.4 Å². The highest BCUT2D eigenvalue weighted by Gasteiger charge is 2.50. The molecule has 17 heteroatoms. The smallest absolute Gasteiger partial charge is 0.416 e. The number of benzene rings is 4. The van der Waals surface area contributed by atoms with Gasteiger partial charge in [-0.2, -0.15) is 0 Å². The van der Waals surface area contributed by atoms with Crippen LogP contribution in [-0.4, -0.2) is 84.9 Å². The lowest BCUT2D eigenvalue weighted by Crippen LogP contribution is -2.59. The number of amides is 3. The van der Waals surface area contributed by atoms with Crippen molar-refractivity contribution in [3.05, 3.63) is 139 Å². The highest BCUT2D eigenvalue weighted by atomic mass is 35.5. The molecular weight excluding hydrogens is 866 g/mol. The molecule has 0 radical (unpaired) electrons. The molecule has 1 N–H and O–H groups in total. The Morgan fingerprint density at radius 3 is 2.40 bits per heavy atom. The molecule has 0 spiro atoms. The summed E-state index contributed by atoms with van der Waals surface area (Å²) < 4.78 is 50.4. The number of rotatable bonds is 19. The quantitative estimate of drug-likeness (QED) is 0.0419. The van der Waals surface area contributed by atoms with Crippen molar-refractivity contribution in [1.29, 1.82) is 0 Å². The molecule has 1 saturated carbocycles. The lowest BCUT2D eigenvalue weighted by atomic mass is 9.73. The van der Waals surface area contributed by atoms with E-state index in [1.54, 1.807) is 37.3 Å². The second-order valence-corrected chi connectivity index (χ2v) is 16.8. The Morgan fingerprint density at radius 1 is 0.938 bits per heavy atom. The van der Waals surface area contributed by atoms with Crippen LogP contribution in [0.25, 0.3) is 5.57 Å². The third-order valence-electron chi connectivity index (χ3n) is 12.0. The zero-order valence-electron chi connectivity index (χ0n) is 36.4. The molecule has 2 fully saturated rings. The largest absolute Gasteiger partial charge is 0.496 e. The summed E-state index contributed by atoms with van der Waals surface area (Å²) in [6, 6.07) is 20.2. The third-order valence-corrected chi connectivity index (χ3v) is 12.3. The van der Waals surface area contributed by atoms with E-state index < -0.39 is 45.8 Å². The molecule has 344 valence electrons. The molecule has 0 aromatic heterocycles. The average Bonchev–Trinajstić information content (AvgIpc) is 4.14. The van der Waals surface area contributed by atoms with Gasteiger partial charge in [0.15, 0.2) is 11.6 Å². The van der Waals surface area contributed by atoms with Gasteiger partial charge in [-0.15, -0.1) is 10.1 Å². The number of fused-ring (bicyclic) bond motifs is 2. The molecule has 7 rings (SSSR count). The van der Waals surface area contributed by atoms with Gasteiger partial charge in [0.1, 0.15) is 28.9 Å². The van der Waals surface area contributed by atoms with Crippen LogP contribution in [0.1, 0.15) is 66.3 Å². The van der Waals surface area contributed by atoms with E-state index in [0.29, 0.717) is 43.7 Å². The van der Waals surface area contributed by atoms with E-state index in [1.165, 1.54) is 6.07 Å². The van der Waals surface area contributed by atoms with Crippen LogP contribution in [0, 0.1) is 34.6 Å². The number of piperidine rings is 1. The Hall–Kier alpha value is -6.26. The Labute approximate surface area is 380 Å². The first-order chi connectivity index (χ1) is 31.3. The van der Waals surface area contributed by atoms with Crippen molar-refractivity contribution in [2.45, 2.75) is 83.1 Å². The van der Waals surface area contributed by atoms with Gasteiger partial charge in [-0.05, 0) is 116 Å². The van der Waals surface area contributed by atoms with Crippen LogP contribution < -0.4 is 19.5 Å². The summed E-state index contributed by atoms with van der Waals surface area (Å²) in [5.74, 6) is -2.00. The maximum atomic E-state index is 15.5. The third kappa shape index (κ3) is 11.3. The van der Waals surface area contributed by atoms with Gasteiger partial charge in [0.2, 0.25) is 5.91 Å². The number of nitrogens with one attached hydrogen (secondary N) is 1. The topological polar surface area (TPSA) is 159 Å². The number of halogens is 3. The zero-order valence-corrected chi connectivity index (χ0v) is 37.1. The van der Waals surface area contributed by atoms with E-state index in [1.807, 2.05) is 54.3 Å². The van der Waals surface area contributed by atoms with E-state index in [2.05, 4.69) is 10.2 Å². The van der Waals surface area contributed by atoms with E-state index >= 15 is 4.79 Å². The first-order valence-electron chi connectivity index (χ1n) is 21.5. The molecule has 2 aliphatic heterocycles. The minimum atomic E-state index is -0.904. The fraction of sp³-hybridized carbons (Fsp3) is 0.396. The van der Waals surface area contributed by atoms with Crippen molar-refractivity contribution < 1.29 is 52.0 Å². The maximum Gasteiger partial charge on any atom is 0.416 e. The molecule has 2 bridgehead atoms. The number of hydrogen-bond donors (Lipinski definition) is 1. The van der Waals surface area contributed by atoms with Crippen molar-refractivity contribution >= 4 is 35.1 Å². The number of ether oxygens (including phenoxy) is 4. The van der Waals surface area contributed by atoms with Crippen molar-refractivity contribution in [1.82, 2.24) is 15.1 Å². The Morgan fingerprint density at radius 2 is 1.69 bits per heavy atom. The van der Waals surface area contributed by atoms with Gasteiger partial charge in [-0.25, -0.2) is 13.6 Å². The van der Waals surface area contributed by atoms with Crippen LogP contribution in [0.4, 0.5) is 13.6 Å². The number of carbonyl (C=O) groups is 3. The van der Waals surface area contributed by atoms with Gasteiger partial charge in [0, 0.05) is 43.8 Å². The Balaban J connectivity index is 1.23. The van der Waals surface area contributed by atoms with Crippen LogP contribution >= 0.6 is 11.6 Å². The predicted octanol–water partition coefficient (Wildman–Crippen LogP) is 8.41. The summed E-state index contributed by atoms with van der Waals surface area (Å²) in [5.41, 5.74) is 5.11. The average molecular weight is 917 g/mol. The molecule has 4 aromatic carbocycles. The van der Waals surface area contributed by atoms with E-state index in [-0.39, 0.29) is 61.8 Å². The fourth-order valence-electron chi connectivity index (χ4n) is 8.70. The molecule has 3 atom stereocenters. The van der Waals surface area contributed by atoms with Crippen LogP contribution in [0.5, 0.6) is 17.2 Å².